The van der Waals surface area contributed by atoms with E-state index in [1.807, 2.05) is 11.9 Å². The molecule has 2 N–H and O–H groups in total. The molecule has 0 spiro atoms. The molecule has 16 heavy (non-hydrogen) atoms. The van der Waals surface area contributed by atoms with Gasteiger partial charge in [0.1, 0.15) is 18.5 Å². The maximum atomic E-state index is 13.5. The number of hydrogen-bond donors (Lipinski definition) is 1. The molecule has 0 saturated heterocycles. The van der Waals surface area contributed by atoms with Crippen LogP contribution in [0.15, 0.2) is 29.3 Å². The van der Waals surface area contributed by atoms with Gasteiger partial charge in [-0.05, 0) is 12.1 Å². The lowest BCUT2D eigenvalue weighted by Gasteiger charge is -2.21. The van der Waals surface area contributed by atoms with Crippen molar-refractivity contribution in [1.82, 2.24) is 0 Å². The van der Waals surface area contributed by atoms with Gasteiger partial charge in [0.2, 0.25) is 0 Å². The van der Waals surface area contributed by atoms with E-state index in [-0.39, 0.29) is 17.9 Å². The second kappa shape index (κ2) is 4.38. The van der Waals surface area contributed by atoms with E-state index < -0.39 is 0 Å². The van der Waals surface area contributed by atoms with E-state index in [1.54, 1.807) is 18.2 Å². The number of benzene rings is 1. The van der Waals surface area contributed by atoms with Gasteiger partial charge in [0.15, 0.2) is 0 Å². The Labute approximate surface area is 93.5 Å². The van der Waals surface area contributed by atoms with E-state index in [1.165, 1.54) is 6.07 Å². The lowest BCUT2D eigenvalue weighted by Crippen LogP contribution is -2.29. The summed E-state index contributed by atoms with van der Waals surface area (Å²) in [4.78, 5) is 5.90. The predicted molar refractivity (Wildman–Crippen MR) is 61.0 cm³/mol. The van der Waals surface area contributed by atoms with Gasteiger partial charge < -0.3 is 15.4 Å². The van der Waals surface area contributed by atoms with Crippen LogP contribution in [0.25, 0.3) is 0 Å². The average molecular weight is 223 g/mol. The van der Waals surface area contributed by atoms with Crippen LogP contribution in [0.2, 0.25) is 0 Å². The topological polar surface area (TPSA) is 50.9 Å². The van der Waals surface area contributed by atoms with E-state index in [9.17, 15) is 4.39 Å². The fourth-order valence-electron chi connectivity index (χ4n) is 1.71. The van der Waals surface area contributed by atoms with E-state index in [4.69, 9.17) is 10.5 Å². The molecule has 1 aliphatic heterocycles. The lowest BCUT2D eigenvalue weighted by atomic mass is 10.2. The number of hydrogen-bond acceptors (Lipinski definition) is 4. The number of rotatable bonds is 3. The summed E-state index contributed by atoms with van der Waals surface area (Å²) in [5.41, 5.74) is 5.96. The number of para-hydroxylation sites is 1. The van der Waals surface area contributed by atoms with Gasteiger partial charge in [0.25, 0.3) is 6.02 Å². The molecule has 1 unspecified atom stereocenters. The number of aliphatic imine (C=N–C) groups is 1. The van der Waals surface area contributed by atoms with Gasteiger partial charge in [0.05, 0.1) is 5.69 Å². The minimum atomic E-state index is -0.235. The van der Waals surface area contributed by atoms with Crippen molar-refractivity contribution < 1.29 is 9.13 Å². The van der Waals surface area contributed by atoms with Crippen molar-refractivity contribution >= 4 is 11.7 Å². The molecule has 0 aromatic heterocycles. The van der Waals surface area contributed by atoms with Crippen LogP contribution in [0.1, 0.15) is 0 Å². The molecule has 1 heterocycles. The maximum absolute atomic E-state index is 13.5. The number of nitrogens with zero attached hydrogens (tertiary/aromatic N) is 2. The molecule has 4 nitrogen and oxygen atoms in total. The summed E-state index contributed by atoms with van der Waals surface area (Å²) in [6.07, 6.45) is 0. The molecule has 0 radical (unpaired) electrons. The minimum absolute atomic E-state index is 0.0235. The molecule has 1 aromatic rings. The highest BCUT2D eigenvalue weighted by molar-refractivity contribution is 5.73. The Morgan fingerprint density at radius 3 is 2.94 bits per heavy atom. The van der Waals surface area contributed by atoms with Gasteiger partial charge >= 0.3 is 0 Å². The van der Waals surface area contributed by atoms with Crippen molar-refractivity contribution in [3.8, 4) is 0 Å². The lowest BCUT2D eigenvalue weighted by molar-refractivity contribution is 0.314. The van der Waals surface area contributed by atoms with Crippen LogP contribution in [0.4, 0.5) is 10.1 Å². The summed E-state index contributed by atoms with van der Waals surface area (Å²) in [6, 6.07) is 6.84. The average Bonchev–Trinajstić information content (AvgIpc) is 2.64. The largest absolute Gasteiger partial charge is 0.463 e. The van der Waals surface area contributed by atoms with Crippen molar-refractivity contribution in [2.24, 2.45) is 10.7 Å². The molecule has 0 amide bonds. The summed E-state index contributed by atoms with van der Waals surface area (Å²) in [5, 5.41) is 0. The summed E-state index contributed by atoms with van der Waals surface area (Å²) >= 11 is 0. The van der Waals surface area contributed by atoms with Crippen molar-refractivity contribution in [3.63, 3.8) is 0 Å². The van der Waals surface area contributed by atoms with Crippen molar-refractivity contribution in [2.45, 2.75) is 6.04 Å². The molecule has 1 aliphatic rings. The van der Waals surface area contributed by atoms with Gasteiger partial charge in [-0.25, -0.2) is 9.38 Å². The number of anilines is 1. The van der Waals surface area contributed by atoms with Gasteiger partial charge in [-0.2, -0.15) is 0 Å². The Morgan fingerprint density at radius 1 is 1.56 bits per heavy atom. The Hall–Kier alpha value is -1.78. The molecule has 0 aliphatic carbocycles. The Balaban J connectivity index is 2.03. The quantitative estimate of drug-likeness (QED) is 0.830. The van der Waals surface area contributed by atoms with Crippen LogP contribution in [0.3, 0.4) is 0 Å². The molecule has 0 bridgehead atoms. The maximum Gasteiger partial charge on any atom is 0.282 e. The van der Waals surface area contributed by atoms with Crippen LogP contribution in [-0.2, 0) is 4.74 Å². The van der Waals surface area contributed by atoms with Gasteiger partial charge in [0, 0.05) is 13.6 Å². The minimum Gasteiger partial charge on any atom is -0.463 e. The number of likely N-dealkylation sites (N-methyl/N-ethyl adjacent to an activating group) is 1. The van der Waals surface area contributed by atoms with Crippen molar-refractivity contribution in [3.05, 3.63) is 30.1 Å². The zero-order chi connectivity index (χ0) is 11.5. The molecule has 5 heteroatoms. The van der Waals surface area contributed by atoms with E-state index in [2.05, 4.69) is 4.99 Å². The van der Waals surface area contributed by atoms with E-state index >= 15 is 0 Å². The normalized spacial score (nSPS) is 19.1. The third-order valence-corrected chi connectivity index (χ3v) is 2.48. The highest BCUT2D eigenvalue weighted by Gasteiger charge is 2.19. The third kappa shape index (κ3) is 2.24. The number of ether oxygens (including phenoxy) is 1. The molecule has 2 rings (SSSR count). The van der Waals surface area contributed by atoms with Gasteiger partial charge in [-0.1, -0.05) is 12.1 Å². The summed E-state index contributed by atoms with van der Waals surface area (Å²) in [7, 11) is 1.82. The number of nitrogens with two attached hydrogens (primary N) is 1. The second-order valence-electron chi connectivity index (χ2n) is 3.76. The van der Waals surface area contributed by atoms with Crippen LogP contribution in [0.5, 0.6) is 0 Å². The van der Waals surface area contributed by atoms with Crippen molar-refractivity contribution in [1.29, 1.82) is 0 Å². The zero-order valence-electron chi connectivity index (χ0n) is 9.06. The molecule has 86 valence electrons. The fourth-order valence-corrected chi connectivity index (χ4v) is 1.71. The summed E-state index contributed by atoms with van der Waals surface area (Å²) < 4.78 is 18.5. The SMILES string of the molecule is CN(CC1COC(N)=N1)c1ccccc1F. The van der Waals surface area contributed by atoms with Gasteiger partial charge in [-0.3, -0.25) is 0 Å². The standard InChI is InChI=1S/C11H14FN3O/c1-15(6-8-7-16-11(13)14-8)10-5-3-2-4-9(10)12/h2-5,8H,6-7H2,1H3,(H2,13,14). The Kier molecular flexibility index (Phi) is 2.94. The first-order chi connectivity index (χ1) is 7.66. The molecule has 1 atom stereocenters. The first kappa shape index (κ1) is 10.7. The van der Waals surface area contributed by atoms with Crippen LogP contribution in [0, 0.1) is 5.82 Å². The molecule has 0 fully saturated rings. The van der Waals surface area contributed by atoms with E-state index in [0.29, 0.717) is 18.8 Å². The van der Waals surface area contributed by atoms with Crippen LogP contribution >= 0.6 is 0 Å². The molecule has 0 saturated carbocycles. The third-order valence-electron chi connectivity index (χ3n) is 2.48. The summed E-state index contributed by atoms with van der Waals surface area (Å²) in [5.74, 6) is -0.235. The number of amidine groups is 1. The molecular weight excluding hydrogens is 209 g/mol. The fraction of sp³-hybridized carbons (Fsp3) is 0.364. The highest BCUT2D eigenvalue weighted by Crippen LogP contribution is 2.18. The summed E-state index contributed by atoms with van der Waals surface area (Å²) in [6.45, 7) is 1.05. The zero-order valence-corrected chi connectivity index (χ0v) is 9.06. The first-order valence-electron chi connectivity index (χ1n) is 5.08. The van der Waals surface area contributed by atoms with Gasteiger partial charge in [-0.15, -0.1) is 0 Å². The molecule has 1 aromatic carbocycles. The Morgan fingerprint density at radius 2 is 2.31 bits per heavy atom. The van der Waals surface area contributed by atoms with Crippen LogP contribution in [-0.4, -0.2) is 32.3 Å². The predicted octanol–water partition coefficient (Wildman–Crippen LogP) is 0.975. The monoisotopic (exact) mass is 223 g/mol. The number of halogens is 1. The molecular formula is C11H14FN3O. The van der Waals surface area contributed by atoms with Crippen LogP contribution < -0.4 is 10.6 Å². The smallest absolute Gasteiger partial charge is 0.282 e. The first-order valence-corrected chi connectivity index (χ1v) is 5.08. The Bertz CT molecular complexity index is 408. The highest BCUT2D eigenvalue weighted by atomic mass is 19.1. The van der Waals surface area contributed by atoms with Crippen molar-refractivity contribution in [2.75, 3.05) is 25.1 Å². The van der Waals surface area contributed by atoms with E-state index in [0.717, 1.165) is 0 Å². The second-order valence-corrected chi connectivity index (χ2v) is 3.76.